The van der Waals surface area contributed by atoms with Crippen molar-refractivity contribution < 1.29 is 4.79 Å². The maximum Gasteiger partial charge on any atom is 0.231 e. The van der Waals surface area contributed by atoms with Crippen LogP contribution < -0.4 is 5.32 Å². The molecule has 1 N–H and O–H groups in total. The Kier molecular flexibility index (Phi) is 4.75. The first kappa shape index (κ1) is 17.8. The highest BCUT2D eigenvalue weighted by atomic mass is 32.2. The van der Waals surface area contributed by atoms with E-state index in [4.69, 9.17) is 0 Å². The minimum Gasteiger partial charge on any atom is -0.337 e. The second-order valence-electron chi connectivity index (χ2n) is 7.11. The van der Waals surface area contributed by atoms with E-state index in [1.165, 1.54) is 11.8 Å². The Labute approximate surface area is 162 Å². The van der Waals surface area contributed by atoms with Gasteiger partial charge in [-0.15, -0.1) is 10.2 Å². The zero-order chi connectivity index (χ0) is 18.9. The number of hydrogen-bond acceptors (Lipinski definition) is 5. The number of carbonyl (C=O) groups is 1. The number of benzene rings is 1. The van der Waals surface area contributed by atoms with Crippen molar-refractivity contribution in [3.05, 3.63) is 35.9 Å². The van der Waals surface area contributed by atoms with Gasteiger partial charge in [0.2, 0.25) is 5.91 Å². The van der Waals surface area contributed by atoms with Gasteiger partial charge in [-0.05, 0) is 37.5 Å². The standard InChI is InChI=1S/C20H21N5OS/c1-14-11-17-23-24-19(25(17)16-8-4-3-7-15(14)16)27-12-18(26)22-20(13-21)9-5-2-6-10-20/h3-4,7-8,11H,2,5-6,9-10,12H2,1H3,(H,22,26). The van der Waals surface area contributed by atoms with Crippen LogP contribution in [0.25, 0.3) is 16.6 Å². The first-order valence-electron chi connectivity index (χ1n) is 9.20. The van der Waals surface area contributed by atoms with Crippen LogP contribution in [0, 0.1) is 18.3 Å². The molecule has 2 heterocycles. The highest BCUT2D eigenvalue weighted by Crippen LogP contribution is 2.29. The van der Waals surface area contributed by atoms with Crippen molar-refractivity contribution in [2.75, 3.05) is 5.75 Å². The molecule has 1 aliphatic carbocycles. The van der Waals surface area contributed by atoms with Gasteiger partial charge in [0.15, 0.2) is 10.8 Å². The molecule has 1 saturated carbocycles. The van der Waals surface area contributed by atoms with E-state index < -0.39 is 5.54 Å². The lowest BCUT2D eigenvalue weighted by Crippen LogP contribution is -2.49. The number of hydrogen-bond donors (Lipinski definition) is 1. The number of pyridine rings is 1. The fraction of sp³-hybridized carbons (Fsp3) is 0.400. The molecule has 7 heteroatoms. The van der Waals surface area contributed by atoms with Gasteiger partial charge < -0.3 is 5.32 Å². The number of nitriles is 1. The predicted molar refractivity (Wildman–Crippen MR) is 106 cm³/mol. The Bertz CT molecular complexity index is 1050. The molecule has 0 unspecified atom stereocenters. The summed E-state index contributed by atoms with van der Waals surface area (Å²) in [7, 11) is 0. The van der Waals surface area contributed by atoms with Gasteiger partial charge in [-0.2, -0.15) is 5.26 Å². The fourth-order valence-corrected chi connectivity index (χ4v) is 4.57. The SMILES string of the molecule is Cc1cc2nnc(SCC(=O)NC3(C#N)CCCCC3)n2c2ccccc12. The number of carbonyl (C=O) groups excluding carboxylic acids is 1. The van der Waals surface area contributed by atoms with Crippen molar-refractivity contribution in [3.63, 3.8) is 0 Å². The first-order chi connectivity index (χ1) is 13.1. The molecule has 4 rings (SSSR count). The second-order valence-corrected chi connectivity index (χ2v) is 8.05. The van der Waals surface area contributed by atoms with Crippen LogP contribution in [0.4, 0.5) is 0 Å². The molecule has 1 amide bonds. The van der Waals surface area contributed by atoms with Gasteiger partial charge in [0.1, 0.15) is 5.54 Å². The normalized spacial score (nSPS) is 16.3. The van der Waals surface area contributed by atoms with Crippen molar-refractivity contribution in [2.24, 2.45) is 0 Å². The molecule has 27 heavy (non-hydrogen) atoms. The highest BCUT2D eigenvalue weighted by Gasteiger charge is 2.33. The molecule has 0 aliphatic heterocycles. The number of nitrogens with zero attached hydrogens (tertiary/aromatic N) is 4. The Hall–Kier alpha value is -2.59. The monoisotopic (exact) mass is 379 g/mol. The number of fused-ring (bicyclic) bond motifs is 3. The molecule has 0 spiro atoms. The summed E-state index contributed by atoms with van der Waals surface area (Å²) in [4.78, 5) is 12.5. The molecular formula is C20H21N5OS. The predicted octanol–water partition coefficient (Wildman–Crippen LogP) is 3.63. The molecule has 0 bridgehead atoms. The summed E-state index contributed by atoms with van der Waals surface area (Å²) in [5.41, 5.74) is 2.25. The number of aryl methyl sites for hydroxylation is 1. The van der Waals surface area contributed by atoms with Gasteiger partial charge in [-0.1, -0.05) is 49.2 Å². The maximum atomic E-state index is 12.5. The molecule has 0 atom stereocenters. The molecule has 1 aromatic carbocycles. The molecule has 138 valence electrons. The lowest BCUT2D eigenvalue weighted by atomic mass is 9.83. The number of nitrogens with one attached hydrogen (secondary N) is 1. The minimum absolute atomic E-state index is 0.128. The van der Waals surface area contributed by atoms with Crippen LogP contribution in [0.15, 0.2) is 35.5 Å². The van der Waals surface area contributed by atoms with E-state index in [-0.39, 0.29) is 11.7 Å². The van der Waals surface area contributed by atoms with Gasteiger partial charge in [-0.3, -0.25) is 9.20 Å². The molecule has 1 aliphatic rings. The number of para-hydroxylation sites is 1. The van der Waals surface area contributed by atoms with Gasteiger partial charge in [0.25, 0.3) is 0 Å². The fourth-order valence-electron chi connectivity index (χ4n) is 3.82. The van der Waals surface area contributed by atoms with Crippen molar-refractivity contribution >= 4 is 34.2 Å². The third kappa shape index (κ3) is 3.37. The summed E-state index contributed by atoms with van der Waals surface area (Å²) in [6.07, 6.45) is 4.57. The van der Waals surface area contributed by atoms with Crippen molar-refractivity contribution in [2.45, 2.75) is 49.7 Å². The van der Waals surface area contributed by atoms with Gasteiger partial charge in [-0.25, -0.2) is 0 Å². The van der Waals surface area contributed by atoms with Crippen molar-refractivity contribution in [3.8, 4) is 6.07 Å². The van der Waals surface area contributed by atoms with E-state index in [2.05, 4.69) is 34.6 Å². The Morgan fingerprint density at radius 3 is 2.85 bits per heavy atom. The summed E-state index contributed by atoms with van der Waals surface area (Å²) < 4.78 is 1.99. The first-order valence-corrected chi connectivity index (χ1v) is 10.2. The topological polar surface area (TPSA) is 83.1 Å². The molecule has 1 fully saturated rings. The number of rotatable bonds is 4. The zero-order valence-electron chi connectivity index (χ0n) is 15.2. The summed E-state index contributed by atoms with van der Waals surface area (Å²) in [5, 5.41) is 22.9. The number of thioether (sulfide) groups is 1. The Morgan fingerprint density at radius 1 is 1.30 bits per heavy atom. The molecule has 6 nitrogen and oxygen atoms in total. The van der Waals surface area contributed by atoms with Gasteiger partial charge >= 0.3 is 0 Å². The lowest BCUT2D eigenvalue weighted by Gasteiger charge is -2.31. The van der Waals surface area contributed by atoms with E-state index in [0.717, 1.165) is 54.2 Å². The molecule has 0 saturated heterocycles. The van der Waals surface area contributed by atoms with Crippen molar-refractivity contribution in [1.82, 2.24) is 19.9 Å². The summed E-state index contributed by atoms with van der Waals surface area (Å²) >= 11 is 1.35. The van der Waals surface area contributed by atoms with E-state index >= 15 is 0 Å². The van der Waals surface area contributed by atoms with Crippen LogP contribution in [-0.4, -0.2) is 31.8 Å². The van der Waals surface area contributed by atoms with Crippen molar-refractivity contribution in [1.29, 1.82) is 5.26 Å². The van der Waals surface area contributed by atoms with Crippen LogP contribution in [0.3, 0.4) is 0 Å². The molecular weight excluding hydrogens is 358 g/mol. The third-order valence-electron chi connectivity index (χ3n) is 5.21. The summed E-state index contributed by atoms with van der Waals surface area (Å²) in [6, 6.07) is 12.4. The number of amides is 1. The number of aromatic nitrogens is 3. The summed E-state index contributed by atoms with van der Waals surface area (Å²) in [5.74, 6) is 0.0866. The van der Waals surface area contributed by atoms with Crippen LogP contribution in [0.1, 0.15) is 37.7 Å². The average molecular weight is 379 g/mol. The highest BCUT2D eigenvalue weighted by molar-refractivity contribution is 7.99. The van der Waals surface area contributed by atoms with Crippen LogP contribution in [0.5, 0.6) is 0 Å². The van der Waals surface area contributed by atoms with Gasteiger partial charge in [0, 0.05) is 5.39 Å². The Morgan fingerprint density at radius 2 is 2.07 bits per heavy atom. The smallest absolute Gasteiger partial charge is 0.231 e. The van der Waals surface area contributed by atoms with Crippen LogP contribution in [0.2, 0.25) is 0 Å². The quantitative estimate of drug-likeness (QED) is 0.700. The van der Waals surface area contributed by atoms with E-state index in [1.807, 2.05) is 28.7 Å². The molecule has 2 aromatic heterocycles. The zero-order valence-corrected chi connectivity index (χ0v) is 16.1. The molecule has 3 aromatic rings. The second kappa shape index (κ2) is 7.20. The van der Waals surface area contributed by atoms with E-state index in [0.29, 0.717) is 5.16 Å². The van der Waals surface area contributed by atoms with E-state index in [9.17, 15) is 10.1 Å². The van der Waals surface area contributed by atoms with Crippen LogP contribution >= 0.6 is 11.8 Å². The van der Waals surface area contributed by atoms with Gasteiger partial charge in [0.05, 0.1) is 17.3 Å². The lowest BCUT2D eigenvalue weighted by molar-refractivity contribution is -0.120. The minimum atomic E-state index is -0.702. The average Bonchev–Trinajstić information content (AvgIpc) is 3.10. The third-order valence-corrected chi connectivity index (χ3v) is 6.13. The van der Waals surface area contributed by atoms with Crippen LogP contribution in [-0.2, 0) is 4.79 Å². The Balaban J connectivity index is 1.55. The van der Waals surface area contributed by atoms with E-state index in [1.54, 1.807) is 0 Å². The molecule has 0 radical (unpaired) electrons. The summed E-state index contributed by atoms with van der Waals surface area (Å²) in [6.45, 7) is 2.06. The maximum absolute atomic E-state index is 12.5. The largest absolute Gasteiger partial charge is 0.337 e.